The zero-order chi connectivity index (χ0) is 44.6. The highest BCUT2D eigenvalue weighted by Crippen LogP contribution is 2.40. The van der Waals surface area contributed by atoms with E-state index < -0.39 is 70.0 Å². The first-order valence-corrected chi connectivity index (χ1v) is 20.6. The van der Waals surface area contributed by atoms with Gasteiger partial charge in [0.05, 0.1) is 28.7 Å². The Morgan fingerprint density at radius 2 is 1.69 bits per heavy atom. The summed E-state index contributed by atoms with van der Waals surface area (Å²) in [4.78, 5) is 83.1. The van der Waals surface area contributed by atoms with E-state index in [0.717, 1.165) is 40.4 Å². The number of amides is 5. The number of imide groups is 1. The molecule has 4 atom stereocenters. The summed E-state index contributed by atoms with van der Waals surface area (Å²) in [6.07, 6.45) is 1.49. The second-order valence-corrected chi connectivity index (χ2v) is 17.0. The van der Waals surface area contributed by atoms with Gasteiger partial charge in [-0.3, -0.25) is 28.8 Å². The van der Waals surface area contributed by atoms with E-state index in [0.29, 0.717) is 23.7 Å². The maximum Gasteiger partial charge on any atom is 0.321 e. The monoisotopic (exact) mass is 860 g/mol. The van der Waals surface area contributed by atoms with Crippen LogP contribution in [0.4, 0.5) is 20.2 Å². The van der Waals surface area contributed by atoms with Crippen molar-refractivity contribution in [1.29, 1.82) is 0 Å². The van der Waals surface area contributed by atoms with Gasteiger partial charge in [0, 0.05) is 62.6 Å². The number of halogens is 2. The number of hydrogen-bond donors (Lipinski definition) is 5. The van der Waals surface area contributed by atoms with Gasteiger partial charge < -0.3 is 36.7 Å². The molecule has 18 heteroatoms. The average molecular weight is 861 g/mol. The van der Waals surface area contributed by atoms with Crippen molar-refractivity contribution in [3.05, 3.63) is 102 Å². The molecule has 5 amide bonds. The number of aromatic nitrogens is 2. The minimum atomic E-state index is -1.20. The lowest BCUT2D eigenvalue weighted by Crippen LogP contribution is -2.46. The fraction of sp³-hybridized carbons (Fsp3) is 0.372. The van der Waals surface area contributed by atoms with Crippen LogP contribution in [-0.4, -0.2) is 91.2 Å². The molecule has 4 aromatic rings. The molecule has 0 aliphatic carbocycles. The Labute approximate surface area is 356 Å². The standard InChI is InChI=1S/C43H50F2N8O7S/c1-25(54)52(38(43(2,3)4)39-50-34(30-20-27(44)10-15-31(30)45)23-51(39)22-26-8-6-5-7-9-26)19-17-32(46)40(57)48-18-16-36(55)49-28-11-13-29(14-12-28)53-37(56)21-35(41(53)58)61-24-33(47)42(59)60/h5-15,20,23,32-33,35,38H,16-19,21-22,24,46-47H2,1-4H3,(H,48,57)(H,49,55)(H,59,60). The van der Waals surface area contributed by atoms with Crippen molar-refractivity contribution in [3.63, 3.8) is 0 Å². The summed E-state index contributed by atoms with van der Waals surface area (Å²) in [7, 11) is 0. The van der Waals surface area contributed by atoms with E-state index in [1.807, 2.05) is 55.7 Å². The summed E-state index contributed by atoms with van der Waals surface area (Å²) in [5, 5.41) is 13.6. The molecule has 1 saturated heterocycles. The lowest BCUT2D eigenvalue weighted by Gasteiger charge is -2.40. The van der Waals surface area contributed by atoms with Gasteiger partial charge in [0.15, 0.2) is 0 Å². The number of nitrogens with zero attached hydrogens (tertiary/aromatic N) is 4. The molecule has 1 aliphatic heterocycles. The largest absolute Gasteiger partial charge is 0.480 e. The molecule has 0 saturated carbocycles. The molecule has 1 fully saturated rings. The zero-order valence-corrected chi connectivity index (χ0v) is 35.1. The van der Waals surface area contributed by atoms with Crippen molar-refractivity contribution in [1.82, 2.24) is 19.8 Å². The van der Waals surface area contributed by atoms with Gasteiger partial charge in [0.1, 0.15) is 23.5 Å². The molecule has 1 aliphatic rings. The fourth-order valence-electron chi connectivity index (χ4n) is 6.89. The van der Waals surface area contributed by atoms with Crippen LogP contribution in [0.5, 0.6) is 0 Å². The molecular weight excluding hydrogens is 811 g/mol. The topological polar surface area (TPSA) is 223 Å². The van der Waals surface area contributed by atoms with E-state index in [4.69, 9.17) is 21.6 Å². The van der Waals surface area contributed by atoms with Crippen LogP contribution in [0.2, 0.25) is 0 Å². The number of thioether (sulfide) groups is 1. The molecule has 0 radical (unpaired) electrons. The highest BCUT2D eigenvalue weighted by Gasteiger charge is 2.41. The molecule has 324 valence electrons. The van der Waals surface area contributed by atoms with Crippen molar-refractivity contribution < 1.29 is 42.7 Å². The molecule has 61 heavy (non-hydrogen) atoms. The third kappa shape index (κ3) is 11.9. The third-order valence-corrected chi connectivity index (χ3v) is 11.3. The average Bonchev–Trinajstić information content (AvgIpc) is 3.73. The van der Waals surface area contributed by atoms with Crippen LogP contribution < -0.4 is 27.0 Å². The lowest BCUT2D eigenvalue weighted by atomic mass is 9.84. The summed E-state index contributed by atoms with van der Waals surface area (Å²) in [6, 6.07) is 15.8. The third-order valence-electron chi connectivity index (χ3n) is 9.97. The minimum absolute atomic E-state index is 0.0267. The van der Waals surface area contributed by atoms with Crippen LogP contribution in [0, 0.1) is 17.0 Å². The Bertz CT molecular complexity index is 2250. The van der Waals surface area contributed by atoms with Gasteiger partial charge in [-0.1, -0.05) is 51.1 Å². The molecular formula is C43H50F2N8O7S. The number of anilines is 2. The minimum Gasteiger partial charge on any atom is -0.480 e. The van der Waals surface area contributed by atoms with Gasteiger partial charge in [-0.2, -0.15) is 0 Å². The number of carbonyl (C=O) groups is 6. The predicted octanol–water partition coefficient (Wildman–Crippen LogP) is 4.45. The van der Waals surface area contributed by atoms with Gasteiger partial charge in [0.2, 0.25) is 29.5 Å². The first-order valence-electron chi connectivity index (χ1n) is 19.6. The number of aliphatic carboxylic acids is 1. The van der Waals surface area contributed by atoms with E-state index in [1.54, 1.807) is 11.1 Å². The van der Waals surface area contributed by atoms with E-state index in [1.165, 1.54) is 31.2 Å². The van der Waals surface area contributed by atoms with Crippen molar-refractivity contribution in [3.8, 4) is 11.3 Å². The van der Waals surface area contributed by atoms with E-state index in [2.05, 4.69) is 10.6 Å². The van der Waals surface area contributed by atoms with Crippen molar-refractivity contribution >= 4 is 58.6 Å². The van der Waals surface area contributed by atoms with Crippen molar-refractivity contribution in [2.75, 3.05) is 29.1 Å². The Balaban J connectivity index is 1.18. The number of nitrogens with two attached hydrogens (primary N) is 2. The Hall–Kier alpha value is -5.98. The summed E-state index contributed by atoms with van der Waals surface area (Å²) in [5.41, 5.74) is 12.9. The number of hydrogen-bond acceptors (Lipinski definition) is 10. The number of nitrogens with one attached hydrogen (secondary N) is 2. The quantitative estimate of drug-likeness (QED) is 0.0880. The highest BCUT2D eigenvalue weighted by atomic mass is 32.2. The maximum absolute atomic E-state index is 15.0. The lowest BCUT2D eigenvalue weighted by molar-refractivity contribution is -0.138. The van der Waals surface area contributed by atoms with Gasteiger partial charge in [0.25, 0.3) is 0 Å². The van der Waals surface area contributed by atoms with Gasteiger partial charge in [-0.25, -0.2) is 18.7 Å². The smallest absolute Gasteiger partial charge is 0.321 e. The SMILES string of the molecule is CC(=O)N(CCC(N)C(=O)NCCC(=O)Nc1ccc(N2C(=O)CC(SCC(N)C(=O)O)C2=O)cc1)C(c1nc(-c2cc(F)ccc2F)cn1Cc1ccccc1)C(C)(C)C. The number of carboxylic acids is 1. The van der Waals surface area contributed by atoms with Crippen LogP contribution in [0.3, 0.4) is 0 Å². The van der Waals surface area contributed by atoms with Gasteiger partial charge in [-0.15, -0.1) is 11.8 Å². The first kappa shape index (κ1) is 46.1. The maximum atomic E-state index is 15.0. The summed E-state index contributed by atoms with van der Waals surface area (Å²) in [5.74, 6) is -4.29. The molecule has 3 aromatic carbocycles. The Morgan fingerprint density at radius 3 is 2.33 bits per heavy atom. The van der Waals surface area contributed by atoms with Crippen molar-refractivity contribution in [2.45, 2.75) is 76.9 Å². The normalized spacial score (nSPS) is 15.6. The van der Waals surface area contributed by atoms with Crippen molar-refractivity contribution in [2.24, 2.45) is 16.9 Å². The predicted molar refractivity (Wildman–Crippen MR) is 227 cm³/mol. The Morgan fingerprint density at radius 1 is 1.00 bits per heavy atom. The van der Waals surface area contributed by atoms with E-state index in [9.17, 15) is 33.2 Å². The number of imidazole rings is 1. The molecule has 0 spiro atoms. The number of benzene rings is 3. The molecule has 5 rings (SSSR count). The molecule has 2 heterocycles. The summed E-state index contributed by atoms with van der Waals surface area (Å²) in [6.45, 7) is 7.52. The molecule has 0 bridgehead atoms. The highest BCUT2D eigenvalue weighted by molar-refractivity contribution is 8.00. The number of carbonyl (C=O) groups excluding carboxylic acids is 5. The fourth-order valence-corrected chi connectivity index (χ4v) is 7.99. The number of carboxylic acid groups (broad SMARTS) is 1. The second kappa shape index (κ2) is 20.1. The molecule has 1 aromatic heterocycles. The van der Waals surface area contributed by atoms with E-state index >= 15 is 4.39 Å². The Kier molecular flexibility index (Phi) is 15.2. The van der Waals surface area contributed by atoms with E-state index in [-0.39, 0.29) is 55.3 Å². The second-order valence-electron chi connectivity index (χ2n) is 15.8. The van der Waals surface area contributed by atoms with Crippen LogP contribution in [-0.2, 0) is 35.3 Å². The molecule has 7 N–H and O–H groups in total. The summed E-state index contributed by atoms with van der Waals surface area (Å²) < 4.78 is 31.1. The van der Waals surface area contributed by atoms with Crippen LogP contribution in [0.25, 0.3) is 11.3 Å². The molecule has 4 unspecified atom stereocenters. The first-order chi connectivity index (χ1) is 28.8. The van der Waals surface area contributed by atoms with Crippen LogP contribution in [0.1, 0.15) is 64.4 Å². The van der Waals surface area contributed by atoms with Crippen LogP contribution in [0.15, 0.2) is 79.0 Å². The summed E-state index contributed by atoms with van der Waals surface area (Å²) >= 11 is 1.01. The molecule has 15 nitrogen and oxygen atoms in total. The van der Waals surface area contributed by atoms with Gasteiger partial charge in [-0.05, 0) is 59.9 Å². The zero-order valence-electron chi connectivity index (χ0n) is 34.3. The number of rotatable bonds is 18. The van der Waals surface area contributed by atoms with Crippen LogP contribution >= 0.6 is 11.8 Å². The van der Waals surface area contributed by atoms with Gasteiger partial charge >= 0.3 is 5.97 Å².